The Labute approximate surface area is 163 Å². The van der Waals surface area contributed by atoms with Crippen molar-refractivity contribution in [3.63, 3.8) is 0 Å². The molecule has 1 fully saturated rings. The second kappa shape index (κ2) is 7.84. The van der Waals surface area contributed by atoms with Gasteiger partial charge in [-0.1, -0.05) is 24.6 Å². The number of Topliss-reactive ketones (excluding diaryl/α,β-unsaturated/α-hetero) is 1. The fraction of sp³-hybridized carbons (Fsp3) is 0.318. The number of benzene rings is 1. The lowest BCUT2D eigenvalue weighted by Gasteiger charge is -2.33. The molecule has 0 radical (unpaired) electrons. The van der Waals surface area contributed by atoms with E-state index in [1.807, 2.05) is 24.3 Å². The summed E-state index contributed by atoms with van der Waals surface area (Å²) < 4.78 is 16.2. The second-order valence-corrected chi connectivity index (χ2v) is 6.95. The summed E-state index contributed by atoms with van der Waals surface area (Å²) in [5, 5.41) is 0. The SMILES string of the molecule is COc1ccccc1/C=C/C1=NC(=C\C2=COC3CCCCC3C2=O)/C(=O)O1. The molecule has 3 aliphatic rings. The lowest BCUT2D eigenvalue weighted by molar-refractivity contribution is -0.130. The summed E-state index contributed by atoms with van der Waals surface area (Å²) >= 11 is 0. The number of allylic oxidation sites excluding steroid dienone is 2. The number of carbonyl (C=O) groups excluding carboxylic acids is 2. The molecule has 144 valence electrons. The highest BCUT2D eigenvalue weighted by Crippen LogP contribution is 2.34. The summed E-state index contributed by atoms with van der Waals surface area (Å²) in [4.78, 5) is 29.0. The predicted molar refractivity (Wildman–Crippen MR) is 104 cm³/mol. The molecule has 0 bridgehead atoms. The maximum atomic E-state index is 12.7. The summed E-state index contributed by atoms with van der Waals surface area (Å²) in [7, 11) is 1.59. The lowest BCUT2D eigenvalue weighted by atomic mass is 9.80. The first-order valence-corrected chi connectivity index (χ1v) is 9.39. The number of fused-ring (bicyclic) bond motifs is 1. The van der Waals surface area contributed by atoms with Crippen LogP contribution < -0.4 is 4.74 Å². The third-order valence-electron chi connectivity index (χ3n) is 5.17. The topological polar surface area (TPSA) is 74.2 Å². The Morgan fingerprint density at radius 3 is 2.82 bits per heavy atom. The first-order chi connectivity index (χ1) is 13.7. The van der Waals surface area contributed by atoms with Gasteiger partial charge in [0.2, 0.25) is 5.90 Å². The van der Waals surface area contributed by atoms with E-state index >= 15 is 0 Å². The third kappa shape index (κ3) is 3.63. The number of hydrogen-bond acceptors (Lipinski definition) is 6. The number of nitrogens with zero attached hydrogens (tertiary/aromatic N) is 1. The molecular weight excluding hydrogens is 358 g/mol. The minimum absolute atomic E-state index is 0.0180. The molecule has 4 rings (SSSR count). The molecule has 0 aromatic heterocycles. The van der Waals surface area contributed by atoms with Crippen LogP contribution in [0.15, 0.2) is 58.9 Å². The molecule has 0 spiro atoms. The minimum Gasteiger partial charge on any atom is -0.497 e. The van der Waals surface area contributed by atoms with Gasteiger partial charge in [-0.3, -0.25) is 4.79 Å². The normalized spacial score (nSPS) is 25.8. The van der Waals surface area contributed by atoms with Crippen LogP contribution >= 0.6 is 0 Å². The smallest absolute Gasteiger partial charge is 0.363 e. The molecule has 2 heterocycles. The van der Waals surface area contributed by atoms with Gasteiger partial charge in [0.1, 0.15) is 11.9 Å². The third-order valence-corrected chi connectivity index (χ3v) is 5.17. The number of ketones is 1. The first-order valence-electron chi connectivity index (χ1n) is 9.39. The number of rotatable bonds is 4. The first kappa shape index (κ1) is 18.2. The van der Waals surface area contributed by atoms with Crippen molar-refractivity contribution < 1.29 is 23.8 Å². The van der Waals surface area contributed by atoms with E-state index in [1.54, 1.807) is 19.3 Å². The zero-order chi connectivity index (χ0) is 19.5. The Kier molecular flexibility index (Phi) is 5.10. The molecule has 0 amide bonds. The van der Waals surface area contributed by atoms with Crippen LogP contribution in [-0.4, -0.2) is 30.9 Å². The van der Waals surface area contributed by atoms with E-state index in [2.05, 4.69) is 4.99 Å². The molecule has 1 aliphatic carbocycles. The van der Waals surface area contributed by atoms with E-state index in [9.17, 15) is 9.59 Å². The number of carbonyl (C=O) groups is 2. The Hall–Kier alpha value is -3.15. The van der Waals surface area contributed by atoms with Crippen LogP contribution in [0.4, 0.5) is 0 Å². The van der Waals surface area contributed by atoms with Crippen LogP contribution in [-0.2, 0) is 19.1 Å². The number of hydrogen-bond donors (Lipinski definition) is 0. The molecule has 2 unspecified atom stereocenters. The van der Waals surface area contributed by atoms with E-state index in [4.69, 9.17) is 14.2 Å². The van der Waals surface area contributed by atoms with Gasteiger partial charge in [-0.15, -0.1) is 0 Å². The Morgan fingerprint density at radius 2 is 1.96 bits per heavy atom. The number of ether oxygens (including phenoxy) is 3. The van der Waals surface area contributed by atoms with Crippen LogP contribution in [0.5, 0.6) is 5.75 Å². The van der Waals surface area contributed by atoms with Crippen LogP contribution in [0, 0.1) is 5.92 Å². The highest BCUT2D eigenvalue weighted by Gasteiger charge is 2.37. The largest absolute Gasteiger partial charge is 0.497 e. The highest BCUT2D eigenvalue weighted by molar-refractivity contribution is 6.11. The van der Waals surface area contributed by atoms with E-state index in [-0.39, 0.29) is 29.4 Å². The molecule has 0 saturated heterocycles. The van der Waals surface area contributed by atoms with Gasteiger partial charge in [-0.2, -0.15) is 0 Å². The van der Waals surface area contributed by atoms with Crippen molar-refractivity contribution in [2.75, 3.05) is 7.11 Å². The summed E-state index contributed by atoms with van der Waals surface area (Å²) in [6.07, 6.45) is 10.1. The van der Waals surface area contributed by atoms with Gasteiger partial charge in [-0.25, -0.2) is 9.79 Å². The van der Waals surface area contributed by atoms with E-state index in [1.165, 1.54) is 12.3 Å². The summed E-state index contributed by atoms with van der Waals surface area (Å²) in [5.41, 5.74) is 1.30. The summed E-state index contributed by atoms with van der Waals surface area (Å²) in [6, 6.07) is 7.48. The van der Waals surface area contributed by atoms with Crippen molar-refractivity contribution in [1.82, 2.24) is 0 Å². The van der Waals surface area contributed by atoms with Gasteiger partial charge < -0.3 is 14.2 Å². The molecule has 6 heteroatoms. The standard InChI is InChI=1S/C22H21NO5/c1-26-18-8-4-2-6-14(18)10-11-20-23-17(22(25)28-20)12-15-13-27-19-9-5-3-7-16(19)21(15)24/h2,4,6,8,10-13,16,19H,3,5,7,9H2,1H3/b11-10+,17-12-. The van der Waals surface area contributed by atoms with Gasteiger partial charge in [0, 0.05) is 11.6 Å². The van der Waals surface area contributed by atoms with Crippen LogP contribution in [0.3, 0.4) is 0 Å². The predicted octanol–water partition coefficient (Wildman–Crippen LogP) is 3.59. The zero-order valence-electron chi connectivity index (χ0n) is 15.6. The molecule has 2 atom stereocenters. The van der Waals surface area contributed by atoms with Crippen molar-refractivity contribution in [2.24, 2.45) is 10.9 Å². The highest BCUT2D eigenvalue weighted by atomic mass is 16.6. The quantitative estimate of drug-likeness (QED) is 0.590. The Balaban J connectivity index is 1.53. The van der Waals surface area contributed by atoms with Crippen molar-refractivity contribution in [3.8, 4) is 5.75 Å². The molecule has 1 aromatic carbocycles. The zero-order valence-corrected chi connectivity index (χ0v) is 15.6. The number of methoxy groups -OCH3 is 1. The number of cyclic esters (lactones) is 1. The average Bonchev–Trinajstić information content (AvgIpc) is 3.08. The number of aliphatic imine (C=N–C) groups is 1. The number of esters is 1. The maximum absolute atomic E-state index is 12.7. The Bertz CT molecular complexity index is 925. The second-order valence-electron chi connectivity index (χ2n) is 6.95. The summed E-state index contributed by atoms with van der Waals surface area (Å²) in [6.45, 7) is 0. The van der Waals surface area contributed by atoms with E-state index in [0.717, 1.165) is 31.2 Å². The molecular formula is C22H21NO5. The van der Waals surface area contributed by atoms with Gasteiger partial charge >= 0.3 is 5.97 Å². The van der Waals surface area contributed by atoms with Crippen molar-refractivity contribution in [1.29, 1.82) is 0 Å². The van der Waals surface area contributed by atoms with Crippen LogP contribution in [0.2, 0.25) is 0 Å². The van der Waals surface area contributed by atoms with Crippen molar-refractivity contribution >= 4 is 23.7 Å². The average molecular weight is 379 g/mol. The molecule has 1 saturated carbocycles. The van der Waals surface area contributed by atoms with Crippen molar-refractivity contribution in [3.05, 3.63) is 59.5 Å². The van der Waals surface area contributed by atoms with E-state index in [0.29, 0.717) is 11.3 Å². The molecule has 2 aliphatic heterocycles. The Morgan fingerprint density at radius 1 is 1.14 bits per heavy atom. The molecule has 6 nitrogen and oxygen atoms in total. The fourth-order valence-electron chi connectivity index (χ4n) is 3.71. The number of para-hydroxylation sites is 1. The van der Waals surface area contributed by atoms with Gasteiger partial charge in [0.05, 0.1) is 24.9 Å². The van der Waals surface area contributed by atoms with Gasteiger partial charge in [0.25, 0.3) is 0 Å². The molecule has 0 N–H and O–H groups in total. The van der Waals surface area contributed by atoms with Crippen LogP contribution in [0.25, 0.3) is 6.08 Å². The van der Waals surface area contributed by atoms with Gasteiger partial charge in [0.15, 0.2) is 11.5 Å². The minimum atomic E-state index is -0.584. The van der Waals surface area contributed by atoms with Crippen LogP contribution in [0.1, 0.15) is 31.2 Å². The molecule has 28 heavy (non-hydrogen) atoms. The van der Waals surface area contributed by atoms with E-state index < -0.39 is 5.97 Å². The molecule has 1 aromatic rings. The monoisotopic (exact) mass is 379 g/mol. The lowest BCUT2D eigenvalue weighted by Crippen LogP contribution is -2.36. The van der Waals surface area contributed by atoms with Gasteiger partial charge in [-0.05, 0) is 37.5 Å². The fourth-order valence-corrected chi connectivity index (χ4v) is 3.71. The summed E-state index contributed by atoms with van der Waals surface area (Å²) in [5.74, 6) is 0.180. The van der Waals surface area contributed by atoms with Crippen molar-refractivity contribution in [2.45, 2.75) is 31.8 Å². The maximum Gasteiger partial charge on any atom is 0.363 e.